The molecule has 1 saturated heterocycles. The molecule has 4 aromatic rings. The molecule has 5 heteroatoms. The molecule has 0 spiro atoms. The van der Waals surface area contributed by atoms with E-state index in [9.17, 15) is 5.11 Å². The zero-order valence-corrected chi connectivity index (χ0v) is 17.9. The number of benzene rings is 3. The maximum atomic E-state index is 10.8. The first-order valence-corrected chi connectivity index (χ1v) is 11.0. The van der Waals surface area contributed by atoms with Gasteiger partial charge in [-0.3, -0.25) is 4.90 Å². The zero-order valence-electron chi connectivity index (χ0n) is 17.2. The van der Waals surface area contributed by atoms with Crippen LogP contribution in [0, 0.1) is 0 Å². The van der Waals surface area contributed by atoms with Crippen molar-refractivity contribution in [2.45, 2.75) is 19.4 Å². The molecule has 0 radical (unpaired) electrons. The fourth-order valence-corrected chi connectivity index (χ4v) is 4.43. The summed E-state index contributed by atoms with van der Waals surface area (Å²) in [6.07, 6.45) is 2.59. The van der Waals surface area contributed by atoms with Crippen LogP contribution in [0.15, 0.2) is 77.8 Å². The Hall–Kier alpha value is -3.08. The van der Waals surface area contributed by atoms with E-state index in [1.54, 1.807) is 0 Å². The van der Waals surface area contributed by atoms with Gasteiger partial charge in [-0.2, -0.15) is 0 Å². The molecule has 1 aliphatic rings. The number of aromatic hydroxyl groups is 1. The molecule has 4 nitrogen and oxygen atoms in total. The SMILES string of the molecule is Oc1[nH]c2cc(Cl)ccc2c1C(=Nc1ccc(CN2CCCC2)cc1)c1ccccc1. The van der Waals surface area contributed by atoms with Crippen LogP contribution >= 0.6 is 11.6 Å². The average molecular weight is 430 g/mol. The Kier molecular flexibility index (Phi) is 5.49. The molecule has 5 rings (SSSR count). The number of aromatic nitrogens is 1. The Balaban J connectivity index is 1.56. The van der Waals surface area contributed by atoms with Crippen LogP contribution in [0.5, 0.6) is 5.88 Å². The van der Waals surface area contributed by atoms with Crippen LogP contribution in [0.2, 0.25) is 5.02 Å². The number of halogens is 1. The summed E-state index contributed by atoms with van der Waals surface area (Å²) >= 11 is 6.15. The van der Waals surface area contributed by atoms with Crippen molar-refractivity contribution in [1.82, 2.24) is 9.88 Å². The maximum absolute atomic E-state index is 10.8. The molecule has 156 valence electrons. The molecule has 0 amide bonds. The predicted octanol–water partition coefficient (Wildman–Crippen LogP) is 6.29. The number of nitrogens with one attached hydrogen (secondary N) is 1. The number of hydrogen-bond donors (Lipinski definition) is 2. The van der Waals surface area contributed by atoms with Crippen LogP contribution in [-0.4, -0.2) is 33.8 Å². The molecule has 3 aromatic carbocycles. The Morgan fingerprint density at radius 2 is 1.71 bits per heavy atom. The fourth-order valence-electron chi connectivity index (χ4n) is 4.26. The Bertz CT molecular complexity index is 1220. The molecule has 0 bridgehead atoms. The highest BCUT2D eigenvalue weighted by Crippen LogP contribution is 2.33. The van der Waals surface area contributed by atoms with E-state index in [4.69, 9.17) is 16.6 Å². The Morgan fingerprint density at radius 3 is 2.45 bits per heavy atom. The second-order valence-electron chi connectivity index (χ2n) is 8.01. The van der Waals surface area contributed by atoms with Crippen molar-refractivity contribution in [3.05, 3.63) is 94.5 Å². The summed E-state index contributed by atoms with van der Waals surface area (Å²) in [7, 11) is 0. The molecule has 0 aliphatic carbocycles. The highest BCUT2D eigenvalue weighted by atomic mass is 35.5. The lowest BCUT2D eigenvalue weighted by atomic mass is 10.0. The minimum atomic E-state index is 0.0884. The van der Waals surface area contributed by atoms with Gasteiger partial charge in [0.05, 0.1) is 22.5 Å². The molecule has 0 unspecified atom stereocenters. The molecule has 1 aliphatic heterocycles. The van der Waals surface area contributed by atoms with Gasteiger partial charge in [0.2, 0.25) is 0 Å². The predicted molar refractivity (Wildman–Crippen MR) is 128 cm³/mol. The monoisotopic (exact) mass is 429 g/mol. The minimum Gasteiger partial charge on any atom is -0.494 e. The van der Waals surface area contributed by atoms with Gasteiger partial charge in [-0.1, -0.05) is 60.1 Å². The topological polar surface area (TPSA) is 51.6 Å². The lowest BCUT2D eigenvalue weighted by molar-refractivity contribution is 0.331. The fraction of sp³-hybridized carbons (Fsp3) is 0.192. The first kappa shape index (κ1) is 19.9. The molecule has 2 heterocycles. The number of rotatable bonds is 5. The minimum absolute atomic E-state index is 0.0884. The first-order chi connectivity index (χ1) is 15.2. The van der Waals surface area contributed by atoms with Gasteiger partial charge in [0, 0.05) is 22.5 Å². The number of fused-ring (bicyclic) bond motifs is 1. The van der Waals surface area contributed by atoms with E-state index in [1.807, 2.05) is 48.5 Å². The molecule has 2 N–H and O–H groups in total. The quantitative estimate of drug-likeness (QED) is 0.366. The molecule has 0 saturated carbocycles. The van der Waals surface area contributed by atoms with Crippen LogP contribution in [0.1, 0.15) is 29.5 Å². The van der Waals surface area contributed by atoms with Crippen molar-refractivity contribution in [3.63, 3.8) is 0 Å². The van der Waals surface area contributed by atoms with Crippen molar-refractivity contribution < 1.29 is 5.11 Å². The molecule has 0 atom stereocenters. The summed E-state index contributed by atoms with van der Waals surface area (Å²) < 4.78 is 0. The van der Waals surface area contributed by atoms with Gasteiger partial charge in [0.15, 0.2) is 5.88 Å². The number of H-pyrrole nitrogens is 1. The van der Waals surface area contributed by atoms with E-state index in [2.05, 4.69) is 34.1 Å². The van der Waals surface area contributed by atoms with Crippen LogP contribution in [0.4, 0.5) is 5.69 Å². The maximum Gasteiger partial charge on any atom is 0.199 e. The lowest BCUT2D eigenvalue weighted by Crippen LogP contribution is -2.18. The van der Waals surface area contributed by atoms with Crippen molar-refractivity contribution in [1.29, 1.82) is 0 Å². The third kappa shape index (κ3) is 4.22. The Labute approximate surface area is 186 Å². The standard InChI is InChI=1S/C26H24ClN3O/c27-20-10-13-22-23(16-20)29-26(31)24(22)25(19-6-2-1-3-7-19)28-21-11-8-18(9-12-21)17-30-14-4-5-15-30/h1-3,6-13,16,29,31H,4-5,14-15,17H2. The number of hydrogen-bond acceptors (Lipinski definition) is 3. The van der Waals surface area contributed by atoms with Gasteiger partial charge < -0.3 is 10.1 Å². The van der Waals surface area contributed by atoms with Crippen LogP contribution < -0.4 is 0 Å². The van der Waals surface area contributed by atoms with Crippen molar-refractivity contribution in [3.8, 4) is 5.88 Å². The normalized spacial score (nSPS) is 15.1. The van der Waals surface area contributed by atoms with Crippen LogP contribution in [0.3, 0.4) is 0 Å². The summed E-state index contributed by atoms with van der Waals surface area (Å²) in [5.74, 6) is 0.0884. The zero-order chi connectivity index (χ0) is 21.2. The van der Waals surface area contributed by atoms with Crippen molar-refractivity contribution >= 4 is 33.9 Å². The van der Waals surface area contributed by atoms with Crippen molar-refractivity contribution in [2.24, 2.45) is 4.99 Å². The van der Waals surface area contributed by atoms with E-state index in [-0.39, 0.29) is 5.88 Å². The number of aliphatic imine (C=N–C) groups is 1. The van der Waals surface area contributed by atoms with E-state index in [0.29, 0.717) is 10.6 Å². The molecular weight excluding hydrogens is 406 g/mol. The highest BCUT2D eigenvalue weighted by molar-refractivity contribution is 6.31. The number of likely N-dealkylation sites (tertiary alicyclic amines) is 1. The van der Waals surface area contributed by atoms with Gasteiger partial charge in [0.25, 0.3) is 0 Å². The molecule has 31 heavy (non-hydrogen) atoms. The summed E-state index contributed by atoms with van der Waals surface area (Å²) in [6.45, 7) is 3.35. The average Bonchev–Trinajstić information content (AvgIpc) is 3.40. The van der Waals surface area contributed by atoms with E-state index >= 15 is 0 Å². The molecule has 1 fully saturated rings. The smallest absolute Gasteiger partial charge is 0.199 e. The second kappa shape index (κ2) is 8.58. The van der Waals surface area contributed by atoms with E-state index in [1.165, 1.54) is 31.5 Å². The third-order valence-electron chi connectivity index (χ3n) is 5.81. The first-order valence-electron chi connectivity index (χ1n) is 10.6. The number of aromatic amines is 1. The van der Waals surface area contributed by atoms with Gasteiger partial charge in [-0.15, -0.1) is 0 Å². The van der Waals surface area contributed by atoms with Crippen molar-refractivity contribution in [2.75, 3.05) is 13.1 Å². The van der Waals surface area contributed by atoms with E-state index in [0.717, 1.165) is 34.4 Å². The highest BCUT2D eigenvalue weighted by Gasteiger charge is 2.19. The summed E-state index contributed by atoms with van der Waals surface area (Å²) in [6, 6.07) is 23.9. The van der Waals surface area contributed by atoms with Crippen LogP contribution in [0.25, 0.3) is 10.9 Å². The number of nitrogens with zero attached hydrogens (tertiary/aromatic N) is 2. The summed E-state index contributed by atoms with van der Waals surface area (Å²) in [5, 5.41) is 12.3. The summed E-state index contributed by atoms with van der Waals surface area (Å²) in [4.78, 5) is 10.5. The third-order valence-corrected chi connectivity index (χ3v) is 6.04. The molecular formula is C26H24ClN3O. The van der Waals surface area contributed by atoms with Gasteiger partial charge in [0.1, 0.15) is 0 Å². The lowest BCUT2D eigenvalue weighted by Gasteiger charge is -2.14. The van der Waals surface area contributed by atoms with Gasteiger partial charge in [-0.05, 0) is 55.8 Å². The second-order valence-corrected chi connectivity index (χ2v) is 8.45. The van der Waals surface area contributed by atoms with Gasteiger partial charge in [-0.25, -0.2) is 4.99 Å². The Morgan fingerprint density at radius 1 is 0.968 bits per heavy atom. The van der Waals surface area contributed by atoms with Gasteiger partial charge >= 0.3 is 0 Å². The van der Waals surface area contributed by atoms with E-state index < -0.39 is 0 Å². The molecule has 1 aromatic heterocycles. The van der Waals surface area contributed by atoms with Crippen LogP contribution in [-0.2, 0) is 6.54 Å². The largest absolute Gasteiger partial charge is 0.494 e. The summed E-state index contributed by atoms with van der Waals surface area (Å²) in [5.41, 5.74) is 5.27.